The van der Waals surface area contributed by atoms with Crippen molar-refractivity contribution < 1.29 is 14.7 Å². The van der Waals surface area contributed by atoms with E-state index in [0.717, 1.165) is 35.4 Å². The van der Waals surface area contributed by atoms with Crippen LogP contribution in [0.3, 0.4) is 0 Å². The Kier molecular flexibility index (Phi) is 7.33. The fourth-order valence-corrected chi connectivity index (χ4v) is 7.90. The second-order valence-electron chi connectivity index (χ2n) is 11.2. The Hall–Kier alpha value is -3.17. The molecule has 1 aromatic carbocycles. The van der Waals surface area contributed by atoms with Crippen LogP contribution in [0, 0.1) is 23.2 Å². The van der Waals surface area contributed by atoms with E-state index in [4.69, 9.17) is 4.98 Å². The van der Waals surface area contributed by atoms with E-state index in [0.29, 0.717) is 11.7 Å². The number of fused-ring (bicyclic) bond motifs is 2. The van der Waals surface area contributed by atoms with Crippen molar-refractivity contribution in [3.63, 3.8) is 0 Å². The van der Waals surface area contributed by atoms with Crippen molar-refractivity contribution in [3.8, 4) is 0 Å². The molecule has 1 fully saturated rings. The van der Waals surface area contributed by atoms with Gasteiger partial charge >= 0.3 is 0 Å². The molecular weight excluding hydrogens is 498 g/mol. The van der Waals surface area contributed by atoms with Crippen LogP contribution < -0.4 is 5.32 Å². The van der Waals surface area contributed by atoms with Crippen LogP contribution in [-0.2, 0) is 17.8 Å². The summed E-state index contributed by atoms with van der Waals surface area (Å²) >= 11 is 1.50. The van der Waals surface area contributed by atoms with Gasteiger partial charge in [-0.05, 0) is 42.1 Å². The number of amides is 2. The number of carbonyl (C=O) groups is 2. The first-order valence-electron chi connectivity index (χ1n) is 13.2. The molecule has 2 amide bonds. The zero-order valence-corrected chi connectivity index (χ0v) is 23.1. The summed E-state index contributed by atoms with van der Waals surface area (Å²) in [5, 5.41) is 15.1. The highest BCUT2D eigenvalue weighted by molar-refractivity contribution is 7.15. The Morgan fingerprint density at radius 2 is 2.03 bits per heavy atom. The molecular formula is C29H35N5O3S. The molecule has 0 unspecified atom stereocenters. The lowest BCUT2D eigenvalue weighted by molar-refractivity contribution is -0.144. The summed E-state index contributed by atoms with van der Waals surface area (Å²) in [4.78, 5) is 41.7. The first-order valence-corrected chi connectivity index (χ1v) is 14.0. The summed E-state index contributed by atoms with van der Waals surface area (Å²) in [6.07, 6.45) is 6.36. The standard InChI is InChI=1S/C29H35N5O3S/c1-17(27(37)34(4)16-19-8-6-5-7-9-19)20-10-11-29(3)14-22-24(18(2)23(29)25(20)35)32-28(38-22)33-26(36)21-15-30-12-13-31-21/h5-9,12-13,15,17-18,20,23,25,35H,10-11,14,16H2,1-4H3,(H,32,33,36)/t17-,18-,20+,23+,25-,29+/m0/s1. The van der Waals surface area contributed by atoms with Crippen LogP contribution in [0.15, 0.2) is 48.9 Å². The van der Waals surface area contributed by atoms with Gasteiger partial charge < -0.3 is 10.0 Å². The SMILES string of the molecule is C[C@H](C(=O)N(C)Cc1ccccc1)[C@H]1CC[C@]2(C)Cc3sc(NC(=O)c4cnccn4)nc3[C@@H](C)[C@@H]2[C@H]1O. The molecule has 2 aromatic heterocycles. The Labute approximate surface area is 227 Å². The summed E-state index contributed by atoms with van der Waals surface area (Å²) < 4.78 is 0. The molecule has 0 bridgehead atoms. The second kappa shape index (κ2) is 10.5. The van der Waals surface area contributed by atoms with Crippen molar-refractivity contribution in [2.24, 2.45) is 23.2 Å². The molecule has 9 heteroatoms. The minimum atomic E-state index is -0.611. The molecule has 0 saturated heterocycles. The first-order chi connectivity index (χ1) is 18.2. The Morgan fingerprint density at radius 3 is 2.74 bits per heavy atom. The van der Waals surface area contributed by atoms with E-state index < -0.39 is 6.10 Å². The van der Waals surface area contributed by atoms with Crippen LogP contribution in [0.2, 0.25) is 0 Å². The average Bonchev–Trinajstić information content (AvgIpc) is 3.30. The van der Waals surface area contributed by atoms with Gasteiger partial charge in [0, 0.05) is 42.7 Å². The molecule has 8 nitrogen and oxygen atoms in total. The highest BCUT2D eigenvalue weighted by Crippen LogP contribution is 2.57. The lowest BCUT2D eigenvalue weighted by Crippen LogP contribution is -2.53. The summed E-state index contributed by atoms with van der Waals surface area (Å²) in [7, 11) is 1.84. The number of benzene rings is 1. The number of hydrogen-bond donors (Lipinski definition) is 2. The smallest absolute Gasteiger partial charge is 0.277 e. The normalized spacial score (nSPS) is 27.1. The van der Waals surface area contributed by atoms with Crippen LogP contribution in [0.25, 0.3) is 0 Å². The number of nitrogens with zero attached hydrogens (tertiary/aromatic N) is 4. The maximum Gasteiger partial charge on any atom is 0.277 e. The summed E-state index contributed by atoms with van der Waals surface area (Å²) in [6, 6.07) is 9.97. The monoisotopic (exact) mass is 533 g/mol. The van der Waals surface area contributed by atoms with Crippen molar-refractivity contribution in [3.05, 3.63) is 70.8 Å². The molecule has 0 spiro atoms. The molecule has 2 N–H and O–H groups in total. The van der Waals surface area contributed by atoms with Gasteiger partial charge in [0.25, 0.3) is 5.91 Å². The zero-order chi connectivity index (χ0) is 27.0. The van der Waals surface area contributed by atoms with E-state index in [9.17, 15) is 14.7 Å². The van der Waals surface area contributed by atoms with Crippen LogP contribution in [0.1, 0.15) is 66.2 Å². The third kappa shape index (κ3) is 4.97. The van der Waals surface area contributed by atoms with Crippen LogP contribution in [0.4, 0.5) is 5.13 Å². The highest BCUT2D eigenvalue weighted by Gasteiger charge is 2.54. The van der Waals surface area contributed by atoms with E-state index in [1.807, 2.05) is 44.3 Å². The lowest BCUT2D eigenvalue weighted by atomic mass is 9.53. The number of carbonyl (C=O) groups excluding carboxylic acids is 2. The Morgan fingerprint density at radius 1 is 1.26 bits per heavy atom. The fraction of sp³-hybridized carbons (Fsp3) is 0.483. The van der Waals surface area contributed by atoms with Crippen molar-refractivity contribution in [2.45, 2.75) is 58.6 Å². The summed E-state index contributed by atoms with van der Waals surface area (Å²) in [5.41, 5.74) is 2.17. The van der Waals surface area contributed by atoms with E-state index in [-0.39, 0.29) is 46.6 Å². The number of aliphatic hydroxyl groups excluding tert-OH is 1. The predicted octanol–water partition coefficient (Wildman–Crippen LogP) is 4.53. The van der Waals surface area contributed by atoms with Crippen molar-refractivity contribution >= 4 is 28.3 Å². The topological polar surface area (TPSA) is 108 Å². The van der Waals surface area contributed by atoms with Crippen LogP contribution in [-0.4, -0.2) is 49.9 Å². The molecule has 5 rings (SSSR count). The summed E-state index contributed by atoms with van der Waals surface area (Å²) in [5.74, 6) is -0.689. The maximum atomic E-state index is 13.4. The van der Waals surface area contributed by atoms with Gasteiger partial charge in [0.2, 0.25) is 5.91 Å². The van der Waals surface area contributed by atoms with Crippen molar-refractivity contribution in [1.29, 1.82) is 0 Å². The highest BCUT2D eigenvalue weighted by atomic mass is 32.1. The average molecular weight is 534 g/mol. The molecule has 200 valence electrons. The number of nitrogens with one attached hydrogen (secondary N) is 1. The van der Waals surface area contributed by atoms with E-state index in [2.05, 4.69) is 29.1 Å². The third-order valence-corrected chi connectivity index (χ3v) is 9.60. The van der Waals surface area contributed by atoms with Gasteiger partial charge in [-0.15, -0.1) is 11.3 Å². The number of aromatic nitrogens is 3. The number of thiazole rings is 1. The van der Waals surface area contributed by atoms with Gasteiger partial charge in [0.15, 0.2) is 5.13 Å². The van der Waals surface area contributed by atoms with E-state index in [1.54, 1.807) is 4.90 Å². The minimum Gasteiger partial charge on any atom is -0.392 e. The molecule has 2 aliphatic carbocycles. The summed E-state index contributed by atoms with van der Waals surface area (Å²) in [6.45, 7) is 6.88. The molecule has 38 heavy (non-hydrogen) atoms. The van der Waals surface area contributed by atoms with Crippen molar-refractivity contribution in [1.82, 2.24) is 19.9 Å². The van der Waals surface area contributed by atoms with Gasteiger partial charge in [0.1, 0.15) is 5.69 Å². The Bertz CT molecular complexity index is 1300. The van der Waals surface area contributed by atoms with E-state index >= 15 is 0 Å². The number of rotatable bonds is 6. The molecule has 6 atom stereocenters. The molecule has 2 aliphatic rings. The first kappa shape index (κ1) is 26.4. The molecule has 0 radical (unpaired) electrons. The van der Waals surface area contributed by atoms with Crippen LogP contribution >= 0.6 is 11.3 Å². The van der Waals surface area contributed by atoms with Gasteiger partial charge in [0.05, 0.1) is 18.0 Å². The zero-order valence-electron chi connectivity index (χ0n) is 22.3. The van der Waals surface area contributed by atoms with Gasteiger partial charge in [-0.2, -0.15) is 0 Å². The number of anilines is 1. The molecule has 0 aliphatic heterocycles. The van der Waals surface area contributed by atoms with Crippen molar-refractivity contribution in [2.75, 3.05) is 12.4 Å². The lowest BCUT2D eigenvalue weighted by Gasteiger charge is -2.53. The molecule has 3 aromatic rings. The predicted molar refractivity (Wildman–Crippen MR) is 147 cm³/mol. The number of aliphatic hydroxyl groups is 1. The third-order valence-electron chi connectivity index (χ3n) is 8.61. The molecule has 1 saturated carbocycles. The quantitative estimate of drug-likeness (QED) is 0.482. The van der Waals surface area contributed by atoms with Gasteiger partial charge in [-0.25, -0.2) is 9.97 Å². The minimum absolute atomic E-state index is 0.00400. The largest absolute Gasteiger partial charge is 0.392 e. The Balaban J connectivity index is 1.31. The van der Waals surface area contributed by atoms with Gasteiger partial charge in [-0.1, -0.05) is 51.1 Å². The maximum absolute atomic E-state index is 13.4. The number of hydrogen-bond acceptors (Lipinski definition) is 7. The fourth-order valence-electron chi connectivity index (χ4n) is 6.64. The molecule has 2 heterocycles. The van der Waals surface area contributed by atoms with E-state index in [1.165, 1.54) is 29.9 Å². The van der Waals surface area contributed by atoms with Gasteiger partial charge in [-0.3, -0.25) is 19.9 Å². The van der Waals surface area contributed by atoms with Crippen LogP contribution in [0.5, 0.6) is 0 Å². The second-order valence-corrected chi connectivity index (χ2v) is 12.3.